The highest BCUT2D eigenvalue weighted by atomic mass is 32.1. The molecule has 0 saturated carbocycles. The molecule has 2 N–H and O–H groups in total. The first-order chi connectivity index (χ1) is 6.88. The van der Waals surface area contributed by atoms with Crippen molar-refractivity contribution in [1.29, 1.82) is 0 Å². The van der Waals surface area contributed by atoms with Crippen LogP contribution in [0.2, 0.25) is 0 Å². The van der Waals surface area contributed by atoms with E-state index in [0.717, 1.165) is 10.8 Å². The van der Waals surface area contributed by atoms with Gasteiger partial charge in [0.2, 0.25) is 0 Å². The molecule has 0 unspecified atom stereocenters. The largest absolute Gasteiger partial charge is 0.462 e. The molecule has 0 aliphatic heterocycles. The van der Waals surface area contributed by atoms with Gasteiger partial charge in [0.05, 0.1) is 12.7 Å². The molecule has 5 nitrogen and oxygen atoms in total. The molecule has 0 saturated heterocycles. The molecule has 2 aromatic heterocycles. The summed E-state index contributed by atoms with van der Waals surface area (Å²) in [5, 5.41) is 16.5. The Morgan fingerprint density at radius 2 is 2.29 bits per heavy atom. The zero-order chi connectivity index (χ0) is 9.80. The van der Waals surface area contributed by atoms with Crippen molar-refractivity contribution in [2.75, 3.05) is 5.32 Å². The van der Waals surface area contributed by atoms with Crippen LogP contribution in [0.15, 0.2) is 22.7 Å². The predicted molar refractivity (Wildman–Crippen MR) is 51.9 cm³/mol. The fourth-order valence-electron chi connectivity index (χ4n) is 1.02. The van der Waals surface area contributed by atoms with Crippen LogP contribution in [-0.2, 0) is 13.2 Å². The number of hydrogen-bond donors (Lipinski definition) is 2. The molecular weight excluding hydrogens is 202 g/mol. The van der Waals surface area contributed by atoms with Crippen LogP contribution in [0.25, 0.3) is 0 Å². The Morgan fingerprint density at radius 3 is 2.93 bits per heavy atom. The maximum absolute atomic E-state index is 8.77. The first-order valence-corrected chi connectivity index (χ1v) is 4.85. The van der Waals surface area contributed by atoms with Gasteiger partial charge >= 0.3 is 0 Å². The molecule has 0 atom stereocenters. The van der Waals surface area contributed by atoms with E-state index in [1.807, 2.05) is 6.07 Å². The minimum absolute atomic E-state index is 0.0673. The Balaban J connectivity index is 1.92. The van der Waals surface area contributed by atoms with Crippen molar-refractivity contribution in [3.05, 3.63) is 29.9 Å². The lowest BCUT2D eigenvalue weighted by Gasteiger charge is -1.97. The zero-order valence-electron chi connectivity index (χ0n) is 7.30. The third-order valence-electron chi connectivity index (χ3n) is 1.67. The third-order valence-corrected chi connectivity index (χ3v) is 2.29. The van der Waals surface area contributed by atoms with Crippen molar-refractivity contribution in [1.82, 2.24) is 9.59 Å². The second-order valence-corrected chi connectivity index (χ2v) is 3.45. The highest BCUT2D eigenvalue weighted by Gasteiger charge is 2.01. The van der Waals surface area contributed by atoms with E-state index in [0.29, 0.717) is 12.3 Å². The summed E-state index contributed by atoms with van der Waals surface area (Å²) in [7, 11) is 0. The van der Waals surface area contributed by atoms with Crippen molar-refractivity contribution < 1.29 is 9.52 Å². The molecule has 0 radical (unpaired) electrons. The van der Waals surface area contributed by atoms with Gasteiger partial charge in [-0.2, -0.15) is 0 Å². The molecule has 0 fully saturated rings. The van der Waals surface area contributed by atoms with E-state index < -0.39 is 0 Å². The fraction of sp³-hybridized carbons (Fsp3) is 0.250. The monoisotopic (exact) mass is 211 g/mol. The normalized spacial score (nSPS) is 10.4. The highest BCUT2D eigenvalue weighted by Crippen LogP contribution is 2.13. The second-order valence-electron chi connectivity index (χ2n) is 2.66. The summed E-state index contributed by atoms with van der Waals surface area (Å²) in [4.78, 5) is 0. The zero-order valence-corrected chi connectivity index (χ0v) is 8.12. The van der Waals surface area contributed by atoms with E-state index in [1.165, 1.54) is 11.5 Å². The number of nitrogens with one attached hydrogen (secondary N) is 1. The number of aliphatic hydroxyl groups excluding tert-OH is 1. The minimum atomic E-state index is -0.0673. The minimum Gasteiger partial charge on any atom is -0.462 e. The Hall–Kier alpha value is -1.40. The van der Waals surface area contributed by atoms with Crippen molar-refractivity contribution in [2.24, 2.45) is 0 Å². The van der Waals surface area contributed by atoms with E-state index in [1.54, 1.807) is 12.3 Å². The van der Waals surface area contributed by atoms with Crippen LogP contribution >= 0.6 is 11.5 Å². The molecule has 2 aromatic rings. The lowest BCUT2D eigenvalue weighted by Crippen LogP contribution is -1.95. The van der Waals surface area contributed by atoms with Crippen LogP contribution < -0.4 is 5.32 Å². The molecule has 2 rings (SSSR count). The van der Waals surface area contributed by atoms with Crippen molar-refractivity contribution in [2.45, 2.75) is 13.2 Å². The van der Waals surface area contributed by atoms with E-state index in [2.05, 4.69) is 14.9 Å². The van der Waals surface area contributed by atoms with Crippen LogP contribution in [-0.4, -0.2) is 14.7 Å². The standard InChI is InChI=1S/C8H9N3O2S/c12-5-7-2-1-6(13-7)3-9-8-4-10-11-14-8/h1-2,4,9,12H,3,5H2. The van der Waals surface area contributed by atoms with Gasteiger partial charge in [0.15, 0.2) is 0 Å². The quantitative estimate of drug-likeness (QED) is 0.796. The number of rotatable bonds is 4. The van der Waals surface area contributed by atoms with Gasteiger partial charge in [-0.1, -0.05) is 4.49 Å². The summed E-state index contributed by atoms with van der Waals surface area (Å²) in [6, 6.07) is 3.58. The van der Waals surface area contributed by atoms with Crippen molar-refractivity contribution >= 4 is 16.5 Å². The molecule has 74 valence electrons. The summed E-state index contributed by atoms with van der Waals surface area (Å²) in [5.74, 6) is 1.35. The van der Waals surface area contributed by atoms with Crippen LogP contribution in [0.4, 0.5) is 5.00 Å². The molecule has 0 aliphatic carbocycles. The van der Waals surface area contributed by atoms with Crippen molar-refractivity contribution in [3.8, 4) is 0 Å². The van der Waals surface area contributed by atoms with E-state index >= 15 is 0 Å². The average Bonchev–Trinajstić information content (AvgIpc) is 2.86. The van der Waals surface area contributed by atoms with E-state index in [-0.39, 0.29) is 6.61 Å². The van der Waals surface area contributed by atoms with Crippen LogP contribution in [0.3, 0.4) is 0 Å². The number of hydrogen-bond acceptors (Lipinski definition) is 6. The van der Waals surface area contributed by atoms with Gasteiger partial charge in [-0.15, -0.1) is 5.10 Å². The van der Waals surface area contributed by atoms with Crippen LogP contribution in [0.1, 0.15) is 11.5 Å². The number of anilines is 1. The van der Waals surface area contributed by atoms with E-state index in [9.17, 15) is 0 Å². The molecule has 0 aliphatic rings. The summed E-state index contributed by atoms with van der Waals surface area (Å²) >= 11 is 1.29. The fourth-order valence-corrected chi connectivity index (χ4v) is 1.43. The van der Waals surface area contributed by atoms with Gasteiger partial charge in [-0.25, -0.2) is 0 Å². The topological polar surface area (TPSA) is 71.2 Å². The van der Waals surface area contributed by atoms with E-state index in [4.69, 9.17) is 9.52 Å². The lowest BCUT2D eigenvalue weighted by molar-refractivity contribution is 0.244. The van der Waals surface area contributed by atoms with Crippen molar-refractivity contribution in [3.63, 3.8) is 0 Å². The Labute approximate surface area is 84.5 Å². The van der Waals surface area contributed by atoms with Gasteiger partial charge in [0, 0.05) is 11.5 Å². The number of furan rings is 1. The molecule has 0 spiro atoms. The third kappa shape index (κ3) is 2.09. The summed E-state index contributed by atoms with van der Waals surface area (Å²) in [6.07, 6.45) is 1.65. The smallest absolute Gasteiger partial charge is 0.130 e. The van der Waals surface area contributed by atoms with Crippen LogP contribution in [0, 0.1) is 0 Å². The Kier molecular flexibility index (Phi) is 2.76. The molecule has 6 heteroatoms. The maximum Gasteiger partial charge on any atom is 0.130 e. The first-order valence-electron chi connectivity index (χ1n) is 4.08. The first kappa shape index (κ1) is 9.17. The average molecular weight is 211 g/mol. The molecule has 0 amide bonds. The molecular formula is C8H9N3O2S. The molecule has 2 heterocycles. The number of aromatic nitrogens is 2. The molecule has 14 heavy (non-hydrogen) atoms. The summed E-state index contributed by atoms with van der Waals surface area (Å²) in [6.45, 7) is 0.506. The lowest BCUT2D eigenvalue weighted by atomic mass is 10.4. The van der Waals surface area contributed by atoms with Gasteiger partial charge in [0.25, 0.3) is 0 Å². The maximum atomic E-state index is 8.77. The van der Waals surface area contributed by atoms with Gasteiger partial charge in [-0.3, -0.25) is 0 Å². The molecule has 0 bridgehead atoms. The molecule has 0 aromatic carbocycles. The SMILES string of the molecule is OCc1ccc(CNc2cnns2)o1. The van der Waals surface area contributed by atoms with Crippen LogP contribution in [0.5, 0.6) is 0 Å². The van der Waals surface area contributed by atoms with Gasteiger partial charge in [0.1, 0.15) is 23.1 Å². The second kappa shape index (κ2) is 4.21. The highest BCUT2D eigenvalue weighted by molar-refractivity contribution is 7.09. The number of nitrogens with zero attached hydrogens (tertiary/aromatic N) is 2. The van der Waals surface area contributed by atoms with Gasteiger partial charge in [-0.05, 0) is 12.1 Å². The Morgan fingerprint density at radius 1 is 1.43 bits per heavy atom. The summed E-state index contributed by atoms with van der Waals surface area (Å²) < 4.78 is 9.00. The predicted octanol–water partition coefficient (Wildman–Crippen LogP) is 1.24. The van der Waals surface area contributed by atoms with Gasteiger partial charge < -0.3 is 14.8 Å². The number of aliphatic hydroxyl groups is 1. The summed E-state index contributed by atoms with van der Waals surface area (Å²) in [5.41, 5.74) is 0. The Bertz CT molecular complexity index is 385.